The number of hydrogen-bond acceptors (Lipinski definition) is 4. The highest BCUT2D eigenvalue weighted by atomic mass is 35.5. The van der Waals surface area contributed by atoms with Gasteiger partial charge in [0.1, 0.15) is 5.75 Å². The van der Waals surface area contributed by atoms with Crippen molar-refractivity contribution in [3.8, 4) is 5.75 Å². The molecule has 1 heterocycles. The SMILES string of the molecule is COc1ccc(Cl)cc1NC(=O)CN(C)Cc1ccccc1N1CCCCC1. The Kier molecular flexibility index (Phi) is 7.18. The summed E-state index contributed by atoms with van der Waals surface area (Å²) in [5, 5.41) is 3.45. The molecule has 150 valence electrons. The molecule has 0 atom stereocenters. The van der Waals surface area contributed by atoms with Crippen LogP contribution in [0.15, 0.2) is 42.5 Å². The number of benzene rings is 2. The second-order valence-corrected chi connectivity index (χ2v) is 7.68. The number of hydrogen-bond donors (Lipinski definition) is 1. The standard InChI is InChI=1S/C22H28ClN3O2/c1-25(16-22(27)24-19-14-18(23)10-11-21(19)28-2)15-17-8-4-5-9-20(17)26-12-6-3-7-13-26/h4-5,8-11,14H,3,6-7,12-13,15-16H2,1-2H3,(H,24,27). The second kappa shape index (κ2) is 9.80. The molecule has 1 saturated heterocycles. The summed E-state index contributed by atoms with van der Waals surface area (Å²) in [6.45, 7) is 3.21. The quantitative estimate of drug-likeness (QED) is 0.746. The van der Waals surface area contributed by atoms with E-state index in [0.29, 0.717) is 23.0 Å². The van der Waals surface area contributed by atoms with Gasteiger partial charge in [-0.2, -0.15) is 0 Å². The Bertz CT molecular complexity index is 806. The monoisotopic (exact) mass is 401 g/mol. The molecule has 5 nitrogen and oxygen atoms in total. The van der Waals surface area contributed by atoms with Gasteiger partial charge in [-0.25, -0.2) is 0 Å². The van der Waals surface area contributed by atoms with E-state index in [9.17, 15) is 4.79 Å². The Morgan fingerprint density at radius 2 is 1.93 bits per heavy atom. The Morgan fingerprint density at radius 1 is 1.18 bits per heavy atom. The lowest BCUT2D eigenvalue weighted by molar-refractivity contribution is -0.117. The maximum Gasteiger partial charge on any atom is 0.238 e. The highest BCUT2D eigenvalue weighted by Crippen LogP contribution is 2.28. The third kappa shape index (κ3) is 5.40. The number of nitrogens with zero attached hydrogens (tertiary/aromatic N) is 2. The molecule has 3 rings (SSSR count). The van der Waals surface area contributed by atoms with E-state index in [0.717, 1.165) is 13.1 Å². The molecule has 0 bridgehead atoms. The summed E-state index contributed by atoms with van der Waals surface area (Å²) < 4.78 is 5.29. The molecule has 2 aromatic rings. The molecular weight excluding hydrogens is 374 g/mol. The summed E-state index contributed by atoms with van der Waals surface area (Å²) in [6, 6.07) is 13.7. The first kappa shape index (κ1) is 20.5. The van der Waals surface area contributed by atoms with Gasteiger partial charge in [-0.05, 0) is 56.1 Å². The average molecular weight is 402 g/mol. The first-order valence-electron chi connectivity index (χ1n) is 9.71. The van der Waals surface area contributed by atoms with E-state index < -0.39 is 0 Å². The molecule has 0 aliphatic carbocycles. The van der Waals surface area contributed by atoms with Gasteiger partial charge in [-0.3, -0.25) is 9.69 Å². The van der Waals surface area contributed by atoms with Crippen LogP contribution in [0.1, 0.15) is 24.8 Å². The maximum atomic E-state index is 12.5. The van der Waals surface area contributed by atoms with Crippen molar-refractivity contribution in [2.75, 3.05) is 44.0 Å². The summed E-state index contributed by atoms with van der Waals surface area (Å²) in [7, 11) is 3.53. The van der Waals surface area contributed by atoms with Gasteiger partial charge in [0, 0.05) is 30.3 Å². The number of anilines is 2. The van der Waals surface area contributed by atoms with Gasteiger partial charge >= 0.3 is 0 Å². The van der Waals surface area contributed by atoms with Crippen molar-refractivity contribution in [3.63, 3.8) is 0 Å². The van der Waals surface area contributed by atoms with Crippen molar-refractivity contribution in [2.24, 2.45) is 0 Å². The Morgan fingerprint density at radius 3 is 2.68 bits per heavy atom. The van der Waals surface area contributed by atoms with Gasteiger partial charge in [0.15, 0.2) is 0 Å². The van der Waals surface area contributed by atoms with Gasteiger partial charge in [0.05, 0.1) is 19.3 Å². The summed E-state index contributed by atoms with van der Waals surface area (Å²) in [6.07, 6.45) is 3.80. The molecule has 1 aliphatic rings. The summed E-state index contributed by atoms with van der Waals surface area (Å²) in [4.78, 5) is 17.0. The molecule has 6 heteroatoms. The summed E-state index contributed by atoms with van der Waals surface area (Å²) in [5.41, 5.74) is 3.12. The smallest absolute Gasteiger partial charge is 0.238 e. The number of amides is 1. The van der Waals surface area contributed by atoms with Crippen molar-refractivity contribution < 1.29 is 9.53 Å². The first-order valence-corrected chi connectivity index (χ1v) is 10.1. The van der Waals surface area contributed by atoms with Crippen molar-refractivity contribution in [1.82, 2.24) is 4.90 Å². The highest BCUT2D eigenvalue weighted by Gasteiger charge is 2.16. The number of halogens is 1. The Hall–Kier alpha value is -2.24. The molecule has 1 amide bonds. The molecule has 2 aromatic carbocycles. The normalized spacial score (nSPS) is 14.2. The van der Waals surface area contributed by atoms with Gasteiger partial charge < -0.3 is 15.0 Å². The Labute approximate surface area is 172 Å². The average Bonchev–Trinajstić information content (AvgIpc) is 2.69. The second-order valence-electron chi connectivity index (χ2n) is 7.24. The van der Waals surface area contributed by atoms with E-state index in [4.69, 9.17) is 16.3 Å². The van der Waals surface area contributed by atoms with E-state index in [-0.39, 0.29) is 12.5 Å². The van der Waals surface area contributed by atoms with E-state index in [1.165, 1.54) is 30.5 Å². The van der Waals surface area contributed by atoms with Crippen LogP contribution in [0.5, 0.6) is 5.75 Å². The zero-order valence-electron chi connectivity index (χ0n) is 16.6. The molecule has 1 N–H and O–H groups in total. The lowest BCUT2D eigenvalue weighted by atomic mass is 10.1. The van der Waals surface area contributed by atoms with Crippen LogP contribution in [0.25, 0.3) is 0 Å². The predicted molar refractivity (Wildman–Crippen MR) is 115 cm³/mol. The molecule has 0 spiro atoms. The molecule has 0 unspecified atom stereocenters. The van der Waals surface area contributed by atoms with Crippen LogP contribution in [0.3, 0.4) is 0 Å². The van der Waals surface area contributed by atoms with E-state index in [2.05, 4.69) is 34.5 Å². The van der Waals surface area contributed by atoms with E-state index in [1.54, 1.807) is 25.3 Å². The number of para-hydroxylation sites is 1. The molecule has 28 heavy (non-hydrogen) atoms. The highest BCUT2D eigenvalue weighted by molar-refractivity contribution is 6.31. The number of methoxy groups -OCH3 is 1. The van der Waals surface area contributed by atoms with Crippen LogP contribution >= 0.6 is 11.6 Å². The number of carbonyl (C=O) groups is 1. The number of rotatable bonds is 7. The molecule has 1 fully saturated rings. The molecule has 1 aliphatic heterocycles. The molecular formula is C22H28ClN3O2. The number of nitrogens with one attached hydrogen (secondary N) is 1. The predicted octanol–water partition coefficient (Wildman–Crippen LogP) is 4.41. The minimum Gasteiger partial charge on any atom is -0.495 e. The van der Waals surface area contributed by atoms with Gasteiger partial charge in [-0.15, -0.1) is 0 Å². The van der Waals surface area contributed by atoms with Gasteiger partial charge in [0.2, 0.25) is 5.91 Å². The molecule has 0 radical (unpaired) electrons. The number of piperidine rings is 1. The van der Waals surface area contributed by atoms with E-state index >= 15 is 0 Å². The third-order valence-electron chi connectivity index (χ3n) is 4.98. The number of likely N-dealkylation sites (N-methyl/N-ethyl adjacent to an activating group) is 1. The lowest BCUT2D eigenvalue weighted by Crippen LogP contribution is -2.33. The van der Waals surface area contributed by atoms with Crippen LogP contribution in [0, 0.1) is 0 Å². The van der Waals surface area contributed by atoms with Crippen molar-refractivity contribution >= 4 is 28.9 Å². The first-order chi connectivity index (χ1) is 13.6. The lowest BCUT2D eigenvalue weighted by Gasteiger charge is -2.31. The van der Waals surface area contributed by atoms with Crippen LogP contribution in [-0.2, 0) is 11.3 Å². The number of carbonyl (C=O) groups excluding carboxylic acids is 1. The van der Waals surface area contributed by atoms with Crippen LogP contribution in [-0.4, -0.2) is 44.6 Å². The fourth-order valence-electron chi connectivity index (χ4n) is 3.65. The largest absolute Gasteiger partial charge is 0.495 e. The van der Waals surface area contributed by atoms with Crippen molar-refractivity contribution in [2.45, 2.75) is 25.8 Å². The number of ether oxygens (including phenoxy) is 1. The van der Waals surface area contributed by atoms with Crippen molar-refractivity contribution in [3.05, 3.63) is 53.1 Å². The maximum absolute atomic E-state index is 12.5. The zero-order valence-corrected chi connectivity index (χ0v) is 17.3. The van der Waals surface area contributed by atoms with Crippen LogP contribution in [0.4, 0.5) is 11.4 Å². The minimum atomic E-state index is -0.0986. The minimum absolute atomic E-state index is 0.0986. The topological polar surface area (TPSA) is 44.8 Å². The molecule has 0 aromatic heterocycles. The van der Waals surface area contributed by atoms with Crippen LogP contribution < -0.4 is 15.0 Å². The fraction of sp³-hybridized carbons (Fsp3) is 0.409. The van der Waals surface area contributed by atoms with Crippen LogP contribution in [0.2, 0.25) is 5.02 Å². The van der Waals surface area contributed by atoms with Gasteiger partial charge in [-0.1, -0.05) is 29.8 Å². The van der Waals surface area contributed by atoms with Crippen molar-refractivity contribution in [1.29, 1.82) is 0 Å². The Balaban J connectivity index is 1.62. The zero-order chi connectivity index (χ0) is 19.9. The summed E-state index contributed by atoms with van der Waals surface area (Å²) >= 11 is 6.04. The fourth-order valence-corrected chi connectivity index (χ4v) is 3.82. The molecule has 0 saturated carbocycles. The third-order valence-corrected chi connectivity index (χ3v) is 5.21. The van der Waals surface area contributed by atoms with Gasteiger partial charge in [0.25, 0.3) is 0 Å². The van der Waals surface area contributed by atoms with E-state index in [1.807, 2.05) is 11.9 Å². The summed E-state index contributed by atoms with van der Waals surface area (Å²) in [5.74, 6) is 0.495.